The highest BCUT2D eigenvalue weighted by atomic mass is 19.1. The molecule has 35 heavy (non-hydrogen) atoms. The third-order valence-electron chi connectivity index (χ3n) is 6.34. The number of likely N-dealkylation sites (N-methyl/N-ethyl adjacent to an activating group) is 1. The van der Waals surface area contributed by atoms with Crippen molar-refractivity contribution in [3.63, 3.8) is 0 Å². The van der Waals surface area contributed by atoms with Crippen LogP contribution in [0.25, 0.3) is 33.4 Å². The van der Waals surface area contributed by atoms with Gasteiger partial charge in [0, 0.05) is 63.1 Å². The van der Waals surface area contributed by atoms with Gasteiger partial charge in [0.25, 0.3) is 0 Å². The Morgan fingerprint density at radius 3 is 2.54 bits per heavy atom. The number of hydrogen-bond donors (Lipinski definition) is 1. The van der Waals surface area contributed by atoms with E-state index in [0.717, 1.165) is 54.8 Å². The molecule has 2 aromatic carbocycles. The third-order valence-corrected chi connectivity index (χ3v) is 6.34. The molecule has 1 aliphatic heterocycles. The Balaban J connectivity index is 1.55. The van der Waals surface area contributed by atoms with Gasteiger partial charge in [-0.25, -0.2) is 14.4 Å². The molecule has 7 nitrogen and oxygen atoms in total. The molecule has 0 atom stereocenters. The number of pyridine rings is 1. The predicted octanol–water partition coefficient (Wildman–Crippen LogP) is 4.17. The van der Waals surface area contributed by atoms with E-state index in [1.165, 1.54) is 12.1 Å². The molecule has 0 saturated carbocycles. The number of ether oxygens (including phenoxy) is 1. The lowest BCUT2D eigenvalue weighted by atomic mass is 10.0. The van der Waals surface area contributed by atoms with E-state index in [1.54, 1.807) is 18.5 Å². The smallest absolute Gasteiger partial charge is 0.163 e. The van der Waals surface area contributed by atoms with Crippen molar-refractivity contribution < 1.29 is 9.13 Å². The van der Waals surface area contributed by atoms with E-state index >= 15 is 0 Å². The van der Waals surface area contributed by atoms with Crippen LogP contribution < -0.4 is 10.1 Å². The van der Waals surface area contributed by atoms with Crippen molar-refractivity contribution in [3.8, 4) is 28.3 Å². The minimum atomic E-state index is -0.280. The van der Waals surface area contributed by atoms with Crippen molar-refractivity contribution in [1.29, 1.82) is 0 Å². The molecule has 1 aliphatic rings. The highest BCUT2D eigenvalue weighted by molar-refractivity contribution is 5.97. The molecule has 5 rings (SSSR count). The number of nitrogens with zero attached hydrogens (tertiary/aromatic N) is 5. The van der Waals surface area contributed by atoms with Gasteiger partial charge in [0.2, 0.25) is 0 Å². The number of fused-ring (bicyclic) bond motifs is 1. The Kier molecular flexibility index (Phi) is 6.83. The van der Waals surface area contributed by atoms with E-state index in [9.17, 15) is 4.39 Å². The van der Waals surface area contributed by atoms with Crippen molar-refractivity contribution >= 4 is 16.7 Å². The van der Waals surface area contributed by atoms with Crippen LogP contribution in [-0.4, -0.2) is 78.2 Å². The van der Waals surface area contributed by atoms with Gasteiger partial charge in [-0.05, 0) is 54.6 Å². The van der Waals surface area contributed by atoms with Crippen LogP contribution in [0.15, 0.2) is 60.9 Å². The number of halogens is 1. The van der Waals surface area contributed by atoms with Crippen LogP contribution in [0.4, 0.5) is 10.2 Å². The maximum atomic E-state index is 14.0. The summed E-state index contributed by atoms with van der Waals surface area (Å²) in [5, 5.41) is 4.01. The first-order valence-corrected chi connectivity index (χ1v) is 11.8. The molecule has 0 unspecified atom stereocenters. The van der Waals surface area contributed by atoms with Crippen molar-refractivity contribution in [2.75, 3.05) is 58.7 Å². The summed E-state index contributed by atoms with van der Waals surface area (Å²) in [5.41, 5.74) is 3.15. The second kappa shape index (κ2) is 10.3. The standard InChI is InChI=1S/C27H29FN6O/c1-29-27-23-16-21(19-5-3-7-22(28)15-19)17-24(35-14-13-34-11-9-33(2)10-12-34)25(23)31-26(32-27)20-6-4-8-30-18-20/h3-8,15-18H,9-14H2,1-2H3,(H,29,31,32). The zero-order valence-electron chi connectivity index (χ0n) is 20.0. The fourth-order valence-electron chi connectivity index (χ4n) is 4.32. The van der Waals surface area contributed by atoms with Gasteiger partial charge in [0.1, 0.15) is 29.5 Å². The quantitative estimate of drug-likeness (QED) is 0.433. The monoisotopic (exact) mass is 472 g/mol. The summed E-state index contributed by atoms with van der Waals surface area (Å²) in [7, 11) is 3.98. The van der Waals surface area contributed by atoms with Crippen LogP contribution in [0.1, 0.15) is 0 Å². The molecule has 4 aromatic rings. The molecule has 0 amide bonds. The van der Waals surface area contributed by atoms with Crippen LogP contribution in [-0.2, 0) is 0 Å². The minimum Gasteiger partial charge on any atom is -0.490 e. The second-order valence-corrected chi connectivity index (χ2v) is 8.76. The number of piperazine rings is 1. The van der Waals surface area contributed by atoms with Gasteiger partial charge >= 0.3 is 0 Å². The molecule has 1 saturated heterocycles. The molecular weight excluding hydrogens is 443 g/mol. The van der Waals surface area contributed by atoms with Crippen LogP contribution in [0, 0.1) is 5.82 Å². The molecule has 180 valence electrons. The number of benzene rings is 2. The maximum absolute atomic E-state index is 14.0. The SMILES string of the molecule is CNc1nc(-c2cccnc2)nc2c(OCCN3CCN(C)CC3)cc(-c3cccc(F)c3)cc12. The van der Waals surface area contributed by atoms with Gasteiger partial charge < -0.3 is 15.0 Å². The number of aromatic nitrogens is 3. The van der Waals surface area contributed by atoms with Crippen molar-refractivity contribution in [3.05, 3.63) is 66.7 Å². The molecule has 0 radical (unpaired) electrons. The molecule has 0 bridgehead atoms. The molecule has 1 N–H and O–H groups in total. The molecular formula is C27H29FN6O. The first kappa shape index (κ1) is 23.1. The van der Waals surface area contributed by atoms with Gasteiger partial charge in [-0.15, -0.1) is 0 Å². The fourth-order valence-corrected chi connectivity index (χ4v) is 4.32. The van der Waals surface area contributed by atoms with Crippen LogP contribution >= 0.6 is 0 Å². The highest BCUT2D eigenvalue weighted by Crippen LogP contribution is 2.36. The lowest BCUT2D eigenvalue weighted by Gasteiger charge is -2.32. The van der Waals surface area contributed by atoms with Crippen LogP contribution in [0.3, 0.4) is 0 Å². The average molecular weight is 473 g/mol. The largest absolute Gasteiger partial charge is 0.490 e. The predicted molar refractivity (Wildman–Crippen MR) is 137 cm³/mol. The second-order valence-electron chi connectivity index (χ2n) is 8.76. The third kappa shape index (κ3) is 5.23. The first-order chi connectivity index (χ1) is 17.1. The van der Waals surface area contributed by atoms with Gasteiger partial charge in [0.05, 0.1) is 0 Å². The Labute approximate surface area is 204 Å². The molecule has 1 fully saturated rings. The topological polar surface area (TPSA) is 66.4 Å². The van der Waals surface area contributed by atoms with Gasteiger partial charge in [-0.2, -0.15) is 0 Å². The van der Waals surface area contributed by atoms with Gasteiger partial charge in [-0.3, -0.25) is 9.88 Å². The van der Waals surface area contributed by atoms with E-state index in [0.29, 0.717) is 29.5 Å². The highest BCUT2D eigenvalue weighted by Gasteiger charge is 2.17. The summed E-state index contributed by atoms with van der Waals surface area (Å²) in [6, 6.07) is 14.3. The van der Waals surface area contributed by atoms with E-state index in [4.69, 9.17) is 14.7 Å². The normalized spacial score (nSPS) is 14.8. The summed E-state index contributed by atoms with van der Waals surface area (Å²) < 4.78 is 20.4. The Bertz CT molecular complexity index is 1310. The average Bonchev–Trinajstić information content (AvgIpc) is 2.89. The zero-order valence-corrected chi connectivity index (χ0v) is 20.0. The number of anilines is 1. The van der Waals surface area contributed by atoms with Crippen LogP contribution in [0.5, 0.6) is 5.75 Å². The van der Waals surface area contributed by atoms with Crippen molar-refractivity contribution in [2.24, 2.45) is 0 Å². The lowest BCUT2D eigenvalue weighted by Crippen LogP contribution is -2.45. The fraction of sp³-hybridized carbons (Fsp3) is 0.296. The summed E-state index contributed by atoms with van der Waals surface area (Å²) in [6.45, 7) is 5.55. The Morgan fingerprint density at radius 2 is 1.80 bits per heavy atom. The van der Waals surface area contributed by atoms with Gasteiger partial charge in [0.15, 0.2) is 5.82 Å². The van der Waals surface area contributed by atoms with Crippen LogP contribution in [0.2, 0.25) is 0 Å². The van der Waals surface area contributed by atoms with Gasteiger partial charge in [-0.1, -0.05) is 12.1 Å². The Hall–Kier alpha value is -3.62. The Morgan fingerprint density at radius 1 is 0.971 bits per heavy atom. The van der Waals surface area contributed by atoms with Crippen molar-refractivity contribution in [2.45, 2.75) is 0 Å². The van der Waals surface area contributed by atoms with Crippen molar-refractivity contribution in [1.82, 2.24) is 24.8 Å². The number of rotatable bonds is 7. The molecule has 8 heteroatoms. The van der Waals surface area contributed by atoms with E-state index < -0.39 is 0 Å². The summed E-state index contributed by atoms with van der Waals surface area (Å²) in [4.78, 5) is 18.6. The summed E-state index contributed by atoms with van der Waals surface area (Å²) >= 11 is 0. The maximum Gasteiger partial charge on any atom is 0.163 e. The van der Waals surface area contributed by atoms with E-state index in [2.05, 4.69) is 27.1 Å². The molecule has 3 heterocycles. The zero-order chi connectivity index (χ0) is 24.2. The number of hydrogen-bond acceptors (Lipinski definition) is 7. The first-order valence-electron chi connectivity index (χ1n) is 11.8. The summed E-state index contributed by atoms with van der Waals surface area (Å²) in [5.74, 6) is 1.62. The lowest BCUT2D eigenvalue weighted by molar-refractivity contribution is 0.134. The number of nitrogens with one attached hydrogen (secondary N) is 1. The molecule has 0 aliphatic carbocycles. The molecule has 0 spiro atoms. The minimum absolute atomic E-state index is 0.280. The molecule has 2 aromatic heterocycles. The van der Waals surface area contributed by atoms with E-state index in [-0.39, 0.29) is 5.82 Å². The van der Waals surface area contributed by atoms with E-state index in [1.807, 2.05) is 37.4 Å². The summed E-state index contributed by atoms with van der Waals surface area (Å²) in [6.07, 6.45) is 3.47.